The second-order valence-corrected chi connectivity index (χ2v) is 3.55. The van der Waals surface area contributed by atoms with Gasteiger partial charge in [-0.05, 0) is 17.5 Å². The van der Waals surface area contributed by atoms with E-state index in [1.165, 1.54) is 17.4 Å². The topological polar surface area (TPSA) is 70.0 Å². The molecule has 1 heterocycles. The Bertz CT molecular complexity index is 510. The van der Waals surface area contributed by atoms with Crippen LogP contribution in [0.25, 0.3) is 10.1 Å². The highest BCUT2D eigenvalue weighted by atomic mass is 32.1. The first-order chi connectivity index (χ1) is 6.24. The number of benzene rings is 1. The van der Waals surface area contributed by atoms with Gasteiger partial charge in [-0.1, -0.05) is 0 Å². The number of fused-ring (bicyclic) bond motifs is 1. The summed E-state index contributed by atoms with van der Waals surface area (Å²) >= 11 is 1.38. The van der Waals surface area contributed by atoms with E-state index in [0.29, 0.717) is 10.3 Å². The van der Waals surface area contributed by atoms with E-state index in [2.05, 4.69) is 0 Å². The third-order valence-corrected chi connectivity index (χ3v) is 2.79. The van der Waals surface area contributed by atoms with Gasteiger partial charge in [0.15, 0.2) is 5.75 Å². The van der Waals surface area contributed by atoms with Crippen molar-refractivity contribution in [3.05, 3.63) is 23.1 Å². The molecule has 0 aliphatic heterocycles. The van der Waals surface area contributed by atoms with Crippen molar-refractivity contribution < 1.29 is 5.11 Å². The molecule has 13 heavy (non-hydrogen) atoms. The van der Waals surface area contributed by atoms with E-state index in [1.807, 2.05) is 11.4 Å². The fourth-order valence-electron chi connectivity index (χ4n) is 1.23. The molecule has 0 atom stereocenters. The molecule has 0 radical (unpaired) electrons. The quantitative estimate of drug-likeness (QED) is 0.493. The van der Waals surface area contributed by atoms with Gasteiger partial charge in [0.25, 0.3) is 0 Å². The molecule has 4 heteroatoms. The molecule has 0 spiro atoms. The minimum Gasteiger partial charge on any atom is -0.504 e. The average molecular weight is 190 g/mol. The van der Waals surface area contributed by atoms with Gasteiger partial charge in [-0.3, -0.25) is 0 Å². The number of anilines is 1. The highest BCUT2D eigenvalue weighted by Crippen LogP contribution is 2.36. The molecule has 0 saturated heterocycles. The van der Waals surface area contributed by atoms with Crippen molar-refractivity contribution in [1.82, 2.24) is 0 Å². The highest BCUT2D eigenvalue weighted by Gasteiger charge is 2.09. The van der Waals surface area contributed by atoms with E-state index < -0.39 is 0 Å². The molecule has 0 aliphatic carbocycles. The number of thiophene rings is 1. The van der Waals surface area contributed by atoms with Gasteiger partial charge in [0.05, 0.1) is 22.0 Å². The van der Waals surface area contributed by atoms with Gasteiger partial charge in [-0.2, -0.15) is 5.26 Å². The van der Waals surface area contributed by atoms with Crippen LogP contribution in [0.15, 0.2) is 17.5 Å². The smallest absolute Gasteiger partial charge is 0.156 e. The number of aromatic hydroxyl groups is 1. The monoisotopic (exact) mass is 190 g/mol. The first-order valence-electron chi connectivity index (χ1n) is 3.63. The summed E-state index contributed by atoms with van der Waals surface area (Å²) in [4.78, 5) is 0. The summed E-state index contributed by atoms with van der Waals surface area (Å²) < 4.78 is 0.677. The largest absolute Gasteiger partial charge is 0.504 e. The zero-order valence-corrected chi connectivity index (χ0v) is 7.43. The number of phenols is 1. The molecule has 64 valence electrons. The van der Waals surface area contributed by atoms with Gasteiger partial charge in [-0.25, -0.2) is 0 Å². The predicted molar refractivity (Wildman–Crippen MR) is 52.6 cm³/mol. The minimum atomic E-state index is 0.0731. The lowest BCUT2D eigenvalue weighted by Gasteiger charge is -2.00. The number of nitriles is 1. The molecular weight excluding hydrogens is 184 g/mol. The number of nitrogen functional groups attached to an aromatic ring is 1. The van der Waals surface area contributed by atoms with Gasteiger partial charge < -0.3 is 10.8 Å². The summed E-state index contributed by atoms with van der Waals surface area (Å²) in [7, 11) is 0. The zero-order chi connectivity index (χ0) is 9.42. The molecule has 0 amide bonds. The predicted octanol–water partition coefficient (Wildman–Crippen LogP) is 2.06. The second kappa shape index (κ2) is 2.64. The Morgan fingerprint density at radius 2 is 2.31 bits per heavy atom. The summed E-state index contributed by atoms with van der Waals surface area (Å²) in [5.41, 5.74) is 6.29. The number of rotatable bonds is 0. The second-order valence-electron chi connectivity index (χ2n) is 2.64. The SMILES string of the molecule is N#Cc1cc(N)c(O)c2sccc12. The first-order valence-corrected chi connectivity index (χ1v) is 4.50. The van der Waals surface area contributed by atoms with Crippen molar-refractivity contribution >= 4 is 27.1 Å². The standard InChI is InChI=1S/C9H6N2OS/c10-4-5-3-7(11)8(12)9-6(5)1-2-13-9/h1-3,12H,11H2. The third kappa shape index (κ3) is 1.02. The molecule has 3 nitrogen and oxygen atoms in total. The summed E-state index contributed by atoms with van der Waals surface area (Å²) in [5.74, 6) is 0.0731. The number of nitrogens with two attached hydrogens (primary N) is 1. The molecule has 0 bridgehead atoms. The Balaban J connectivity index is 2.97. The maximum absolute atomic E-state index is 9.54. The van der Waals surface area contributed by atoms with E-state index >= 15 is 0 Å². The van der Waals surface area contributed by atoms with Crippen LogP contribution in [0.1, 0.15) is 5.56 Å². The Labute approximate surface area is 78.6 Å². The van der Waals surface area contributed by atoms with Crippen molar-refractivity contribution in [3.63, 3.8) is 0 Å². The Morgan fingerprint density at radius 3 is 3.00 bits per heavy atom. The number of hydrogen-bond acceptors (Lipinski definition) is 4. The Kier molecular flexibility index (Phi) is 1.61. The van der Waals surface area contributed by atoms with E-state index in [-0.39, 0.29) is 11.4 Å². The van der Waals surface area contributed by atoms with E-state index in [4.69, 9.17) is 11.0 Å². The van der Waals surface area contributed by atoms with Crippen molar-refractivity contribution in [2.45, 2.75) is 0 Å². The normalized spacial score (nSPS) is 10.1. The molecule has 0 saturated carbocycles. The van der Waals surface area contributed by atoms with E-state index in [1.54, 1.807) is 6.07 Å². The molecule has 3 N–H and O–H groups in total. The van der Waals surface area contributed by atoms with E-state index in [9.17, 15) is 5.11 Å². The summed E-state index contributed by atoms with van der Waals surface area (Å²) in [6.45, 7) is 0. The van der Waals surface area contributed by atoms with Crippen LogP contribution in [0.3, 0.4) is 0 Å². The molecule has 0 fully saturated rings. The molecule has 2 rings (SSSR count). The number of nitrogens with zero attached hydrogens (tertiary/aromatic N) is 1. The lowest BCUT2D eigenvalue weighted by molar-refractivity contribution is 0.485. The molecule has 2 aromatic rings. The lowest BCUT2D eigenvalue weighted by atomic mass is 10.1. The van der Waals surface area contributed by atoms with Crippen molar-refractivity contribution in [2.75, 3.05) is 5.73 Å². The Morgan fingerprint density at radius 1 is 1.54 bits per heavy atom. The van der Waals surface area contributed by atoms with Crippen molar-refractivity contribution in [1.29, 1.82) is 5.26 Å². The van der Waals surface area contributed by atoms with Crippen LogP contribution in [0.2, 0.25) is 0 Å². The van der Waals surface area contributed by atoms with Gasteiger partial charge in [0.2, 0.25) is 0 Å². The Hall–Kier alpha value is -1.73. The van der Waals surface area contributed by atoms with Gasteiger partial charge >= 0.3 is 0 Å². The van der Waals surface area contributed by atoms with Crippen LogP contribution in [0, 0.1) is 11.3 Å². The van der Waals surface area contributed by atoms with Gasteiger partial charge in [0.1, 0.15) is 0 Å². The van der Waals surface area contributed by atoms with Crippen LogP contribution < -0.4 is 5.73 Å². The maximum atomic E-state index is 9.54. The number of hydrogen-bond donors (Lipinski definition) is 2. The van der Waals surface area contributed by atoms with Crippen LogP contribution >= 0.6 is 11.3 Å². The first kappa shape index (κ1) is 7.90. The summed E-state index contributed by atoms with van der Waals surface area (Å²) in [6, 6.07) is 5.33. The van der Waals surface area contributed by atoms with Crippen LogP contribution in [-0.4, -0.2) is 5.11 Å². The molecular formula is C9H6N2OS. The summed E-state index contributed by atoms with van der Waals surface area (Å²) in [5, 5.41) is 20.9. The maximum Gasteiger partial charge on any atom is 0.156 e. The van der Waals surface area contributed by atoms with Gasteiger partial charge in [0, 0.05) is 5.39 Å². The zero-order valence-electron chi connectivity index (χ0n) is 6.61. The van der Waals surface area contributed by atoms with Crippen LogP contribution in [0.5, 0.6) is 5.75 Å². The van der Waals surface area contributed by atoms with Crippen molar-refractivity contribution in [3.8, 4) is 11.8 Å². The van der Waals surface area contributed by atoms with Crippen molar-refractivity contribution in [2.24, 2.45) is 0 Å². The summed E-state index contributed by atoms with van der Waals surface area (Å²) in [6.07, 6.45) is 0. The van der Waals surface area contributed by atoms with E-state index in [0.717, 1.165) is 5.39 Å². The van der Waals surface area contributed by atoms with Gasteiger partial charge in [-0.15, -0.1) is 11.3 Å². The molecule has 1 aromatic carbocycles. The average Bonchev–Trinajstić information content (AvgIpc) is 2.60. The fourth-order valence-corrected chi connectivity index (χ4v) is 2.10. The fraction of sp³-hybridized carbons (Fsp3) is 0. The van der Waals surface area contributed by atoms with Crippen LogP contribution in [-0.2, 0) is 0 Å². The minimum absolute atomic E-state index is 0.0731. The highest BCUT2D eigenvalue weighted by molar-refractivity contribution is 7.17. The lowest BCUT2D eigenvalue weighted by Crippen LogP contribution is -1.87. The number of phenolic OH excluding ortho intramolecular Hbond substituents is 1. The molecule has 1 aromatic heterocycles. The third-order valence-electron chi connectivity index (χ3n) is 1.86. The van der Waals surface area contributed by atoms with Crippen LogP contribution in [0.4, 0.5) is 5.69 Å². The molecule has 0 aliphatic rings. The molecule has 0 unspecified atom stereocenters.